The number of hydrogen-bond donors (Lipinski definition) is 1. The molecule has 0 spiro atoms. The molecule has 5 heteroatoms. The van der Waals surface area contributed by atoms with Crippen molar-refractivity contribution in [3.05, 3.63) is 24.3 Å². The van der Waals surface area contributed by atoms with E-state index in [-0.39, 0.29) is 0 Å². The number of benzene rings is 1. The summed E-state index contributed by atoms with van der Waals surface area (Å²) in [5.41, 5.74) is 1.02. The van der Waals surface area contributed by atoms with Crippen LogP contribution in [0.5, 0.6) is 5.75 Å². The van der Waals surface area contributed by atoms with Gasteiger partial charge in [0, 0.05) is 23.1 Å². The largest absolute Gasteiger partial charge is 0.497 e. The molecule has 0 saturated heterocycles. The van der Waals surface area contributed by atoms with Gasteiger partial charge in [0.2, 0.25) is 5.13 Å². The molecule has 1 heterocycles. The predicted molar refractivity (Wildman–Crippen MR) is 68.5 cm³/mol. The van der Waals surface area contributed by atoms with Crippen molar-refractivity contribution in [2.24, 2.45) is 0 Å². The molecule has 17 heavy (non-hydrogen) atoms. The predicted octanol–water partition coefficient (Wildman–Crippen LogP) is 2.79. The number of ether oxygens (including phenoxy) is 1. The molecule has 1 N–H and O–H groups in total. The molecule has 2 aromatic rings. The summed E-state index contributed by atoms with van der Waals surface area (Å²) in [5.74, 6) is 1.63. The lowest BCUT2D eigenvalue weighted by atomic mass is 10.2. The first kappa shape index (κ1) is 10.5. The number of hydrogen-bond acceptors (Lipinski definition) is 5. The maximum absolute atomic E-state index is 5.12. The maximum atomic E-state index is 5.12. The van der Waals surface area contributed by atoms with E-state index in [1.54, 1.807) is 7.11 Å². The van der Waals surface area contributed by atoms with E-state index >= 15 is 0 Å². The normalized spacial score (nSPS) is 14.6. The Morgan fingerprint density at radius 1 is 1.29 bits per heavy atom. The highest BCUT2D eigenvalue weighted by Crippen LogP contribution is 2.28. The van der Waals surface area contributed by atoms with Gasteiger partial charge in [-0.1, -0.05) is 0 Å². The van der Waals surface area contributed by atoms with Crippen LogP contribution in [0.2, 0.25) is 0 Å². The molecule has 88 valence electrons. The summed E-state index contributed by atoms with van der Waals surface area (Å²) in [6.07, 6.45) is 2.49. The zero-order chi connectivity index (χ0) is 11.7. The van der Waals surface area contributed by atoms with Crippen LogP contribution >= 0.6 is 11.5 Å². The first-order chi connectivity index (χ1) is 8.35. The maximum Gasteiger partial charge on any atom is 0.203 e. The number of nitrogens with zero attached hydrogens (tertiary/aromatic N) is 2. The van der Waals surface area contributed by atoms with Crippen molar-refractivity contribution in [2.45, 2.75) is 18.9 Å². The first-order valence-electron chi connectivity index (χ1n) is 5.60. The van der Waals surface area contributed by atoms with Crippen LogP contribution in [0.25, 0.3) is 11.4 Å². The van der Waals surface area contributed by atoms with Crippen molar-refractivity contribution >= 4 is 16.7 Å². The average molecular weight is 247 g/mol. The molecule has 0 bridgehead atoms. The summed E-state index contributed by atoms with van der Waals surface area (Å²) in [7, 11) is 1.66. The fourth-order valence-electron chi connectivity index (χ4n) is 1.54. The van der Waals surface area contributed by atoms with Crippen molar-refractivity contribution in [3.8, 4) is 17.1 Å². The van der Waals surface area contributed by atoms with Crippen LogP contribution in [-0.4, -0.2) is 22.5 Å². The van der Waals surface area contributed by atoms with E-state index in [2.05, 4.69) is 14.7 Å². The number of aromatic nitrogens is 2. The Hall–Kier alpha value is -1.62. The van der Waals surface area contributed by atoms with E-state index in [1.807, 2.05) is 24.3 Å². The van der Waals surface area contributed by atoms with Gasteiger partial charge in [-0.2, -0.15) is 9.36 Å². The van der Waals surface area contributed by atoms with Crippen molar-refractivity contribution < 1.29 is 4.74 Å². The van der Waals surface area contributed by atoms with Gasteiger partial charge < -0.3 is 10.1 Å². The second kappa shape index (κ2) is 4.33. The van der Waals surface area contributed by atoms with E-state index < -0.39 is 0 Å². The van der Waals surface area contributed by atoms with Gasteiger partial charge in [-0.25, -0.2) is 0 Å². The molecule has 1 fully saturated rings. The molecule has 0 aliphatic heterocycles. The van der Waals surface area contributed by atoms with E-state index in [0.29, 0.717) is 6.04 Å². The monoisotopic (exact) mass is 247 g/mol. The van der Waals surface area contributed by atoms with Crippen LogP contribution in [0, 0.1) is 0 Å². The molecule has 1 aliphatic carbocycles. The summed E-state index contributed by atoms with van der Waals surface area (Å²) in [6.45, 7) is 0. The highest BCUT2D eigenvalue weighted by molar-refractivity contribution is 7.09. The summed E-state index contributed by atoms with van der Waals surface area (Å²) in [6, 6.07) is 8.41. The Bertz CT molecular complexity index is 505. The van der Waals surface area contributed by atoms with Gasteiger partial charge >= 0.3 is 0 Å². The Balaban J connectivity index is 1.79. The van der Waals surface area contributed by atoms with Gasteiger partial charge in [0.1, 0.15) is 5.75 Å². The zero-order valence-electron chi connectivity index (χ0n) is 9.51. The molecule has 0 unspecified atom stereocenters. The molecule has 1 saturated carbocycles. The molecule has 0 amide bonds. The Kier molecular flexibility index (Phi) is 2.68. The van der Waals surface area contributed by atoms with Gasteiger partial charge in [-0.15, -0.1) is 0 Å². The lowest BCUT2D eigenvalue weighted by molar-refractivity contribution is 0.415. The fraction of sp³-hybridized carbons (Fsp3) is 0.333. The molecule has 1 aliphatic rings. The minimum absolute atomic E-state index is 0.617. The highest BCUT2D eigenvalue weighted by atomic mass is 32.1. The van der Waals surface area contributed by atoms with Gasteiger partial charge in [-0.3, -0.25) is 0 Å². The van der Waals surface area contributed by atoms with Crippen LogP contribution in [-0.2, 0) is 0 Å². The third-order valence-corrected chi connectivity index (χ3v) is 3.33. The van der Waals surface area contributed by atoms with Gasteiger partial charge in [0.05, 0.1) is 7.11 Å². The molecule has 4 nitrogen and oxygen atoms in total. The molecular formula is C12H13N3OS. The highest BCUT2D eigenvalue weighted by Gasteiger charge is 2.22. The topological polar surface area (TPSA) is 47.0 Å². The summed E-state index contributed by atoms with van der Waals surface area (Å²) in [5, 5.41) is 4.26. The van der Waals surface area contributed by atoms with Crippen LogP contribution in [0.3, 0.4) is 0 Å². The molecule has 0 atom stereocenters. The van der Waals surface area contributed by atoms with Crippen molar-refractivity contribution in [1.29, 1.82) is 0 Å². The Labute approximate surface area is 104 Å². The summed E-state index contributed by atoms with van der Waals surface area (Å²) >= 11 is 1.42. The van der Waals surface area contributed by atoms with Gasteiger partial charge in [0.25, 0.3) is 0 Å². The Morgan fingerprint density at radius 2 is 2.06 bits per heavy atom. The fourth-order valence-corrected chi connectivity index (χ4v) is 2.21. The van der Waals surface area contributed by atoms with Crippen LogP contribution in [0.15, 0.2) is 24.3 Å². The quantitative estimate of drug-likeness (QED) is 0.902. The van der Waals surface area contributed by atoms with Gasteiger partial charge in [0.15, 0.2) is 5.82 Å². The molecule has 1 aromatic heterocycles. The molecule has 0 radical (unpaired) electrons. The smallest absolute Gasteiger partial charge is 0.203 e. The van der Waals surface area contributed by atoms with Crippen LogP contribution in [0.1, 0.15) is 12.8 Å². The molecular weight excluding hydrogens is 234 g/mol. The van der Waals surface area contributed by atoms with E-state index in [1.165, 1.54) is 24.4 Å². The second-order valence-corrected chi connectivity index (χ2v) is 4.82. The minimum atomic E-state index is 0.617. The van der Waals surface area contributed by atoms with E-state index in [9.17, 15) is 0 Å². The SMILES string of the molecule is COc1ccc(-c2nsc(NC3CC3)n2)cc1. The van der Waals surface area contributed by atoms with Crippen molar-refractivity contribution in [3.63, 3.8) is 0 Å². The van der Waals surface area contributed by atoms with Crippen molar-refractivity contribution in [2.75, 3.05) is 12.4 Å². The number of methoxy groups -OCH3 is 1. The summed E-state index contributed by atoms with van der Waals surface area (Å²) in [4.78, 5) is 4.47. The molecule has 3 rings (SSSR count). The third-order valence-electron chi connectivity index (χ3n) is 2.68. The first-order valence-corrected chi connectivity index (χ1v) is 6.37. The van der Waals surface area contributed by atoms with Crippen molar-refractivity contribution in [1.82, 2.24) is 9.36 Å². The standard InChI is InChI=1S/C12H13N3OS/c1-16-10-6-2-8(3-7-10)11-14-12(17-15-11)13-9-4-5-9/h2-3,6-7,9H,4-5H2,1H3,(H,13,14,15). The van der Waals surface area contributed by atoms with Crippen LogP contribution in [0.4, 0.5) is 5.13 Å². The lowest BCUT2D eigenvalue weighted by Gasteiger charge is -1.99. The zero-order valence-corrected chi connectivity index (χ0v) is 10.3. The number of nitrogens with one attached hydrogen (secondary N) is 1. The minimum Gasteiger partial charge on any atom is -0.497 e. The van der Waals surface area contributed by atoms with E-state index in [0.717, 1.165) is 22.3 Å². The Morgan fingerprint density at radius 3 is 2.71 bits per heavy atom. The second-order valence-electron chi connectivity index (χ2n) is 4.07. The van der Waals surface area contributed by atoms with Gasteiger partial charge in [-0.05, 0) is 37.1 Å². The molecule has 1 aromatic carbocycles. The van der Waals surface area contributed by atoms with E-state index in [4.69, 9.17) is 4.74 Å². The van der Waals surface area contributed by atoms with Crippen LogP contribution < -0.4 is 10.1 Å². The third kappa shape index (κ3) is 2.39. The summed E-state index contributed by atoms with van der Waals surface area (Å²) < 4.78 is 9.47. The number of rotatable bonds is 4. The number of anilines is 1. The lowest BCUT2D eigenvalue weighted by Crippen LogP contribution is -1.99. The average Bonchev–Trinajstić information content (AvgIpc) is 3.06.